The Balaban J connectivity index is 1.33. The van der Waals surface area contributed by atoms with E-state index in [2.05, 4.69) is 10.2 Å². The number of amides is 1. The highest BCUT2D eigenvalue weighted by molar-refractivity contribution is 5.70. The van der Waals surface area contributed by atoms with Crippen LogP contribution in [0.3, 0.4) is 0 Å². The van der Waals surface area contributed by atoms with Crippen LogP contribution in [0.1, 0.15) is 42.4 Å². The van der Waals surface area contributed by atoms with Crippen molar-refractivity contribution in [2.45, 2.75) is 55.7 Å². The number of rotatable bonds is 6. The molecule has 3 aliphatic rings. The highest BCUT2D eigenvalue weighted by atomic mass is 19.4. The number of aliphatic hydroxyl groups is 1. The average Bonchev–Trinajstić information content (AvgIpc) is 2.89. The van der Waals surface area contributed by atoms with Gasteiger partial charge >= 0.3 is 12.3 Å². The van der Waals surface area contributed by atoms with Crippen molar-refractivity contribution < 1.29 is 32.5 Å². The summed E-state index contributed by atoms with van der Waals surface area (Å²) in [6.45, 7) is 4.26. The number of fused-ring (bicyclic) bond motifs is 3. The van der Waals surface area contributed by atoms with Gasteiger partial charge in [-0.3, -0.25) is 4.90 Å². The van der Waals surface area contributed by atoms with Gasteiger partial charge in [-0.25, -0.2) is 4.79 Å². The first-order chi connectivity index (χ1) is 18.2. The molecule has 1 saturated heterocycles. The third kappa shape index (κ3) is 5.55. The van der Waals surface area contributed by atoms with Gasteiger partial charge in [0.2, 0.25) is 0 Å². The van der Waals surface area contributed by atoms with E-state index < -0.39 is 23.3 Å². The van der Waals surface area contributed by atoms with Crippen molar-refractivity contribution >= 4 is 6.09 Å². The van der Waals surface area contributed by atoms with Crippen LogP contribution in [0.15, 0.2) is 48.5 Å². The van der Waals surface area contributed by atoms with Gasteiger partial charge in [-0.15, -0.1) is 0 Å². The molecule has 2 N–H and O–H groups in total. The number of nitrogens with zero attached hydrogens (tertiary/aromatic N) is 1. The van der Waals surface area contributed by atoms with E-state index in [9.17, 15) is 23.1 Å². The zero-order valence-electron chi connectivity index (χ0n) is 21.4. The van der Waals surface area contributed by atoms with Crippen molar-refractivity contribution in [3.63, 3.8) is 0 Å². The fraction of sp³-hybridized carbons (Fsp3) is 0.552. The Bertz CT molecular complexity index is 1120. The first-order valence-electron chi connectivity index (χ1n) is 13.4. The van der Waals surface area contributed by atoms with Crippen molar-refractivity contribution in [3.05, 3.63) is 65.2 Å². The fourth-order valence-corrected chi connectivity index (χ4v) is 6.56. The van der Waals surface area contributed by atoms with Crippen LogP contribution in [0.4, 0.5) is 18.0 Å². The molecule has 0 unspecified atom stereocenters. The van der Waals surface area contributed by atoms with Crippen molar-refractivity contribution in [2.75, 3.05) is 39.4 Å². The van der Waals surface area contributed by atoms with E-state index in [-0.39, 0.29) is 25.2 Å². The molecule has 38 heavy (non-hydrogen) atoms. The molecule has 2 aromatic carbocycles. The molecular formula is C29H35F3N2O4. The minimum absolute atomic E-state index is 0.234. The molecule has 2 fully saturated rings. The van der Waals surface area contributed by atoms with Gasteiger partial charge in [-0.2, -0.15) is 13.2 Å². The van der Waals surface area contributed by atoms with Crippen LogP contribution in [0.2, 0.25) is 0 Å². The van der Waals surface area contributed by atoms with Crippen LogP contribution < -0.4 is 10.1 Å². The Morgan fingerprint density at radius 2 is 1.89 bits per heavy atom. The van der Waals surface area contributed by atoms with Crippen LogP contribution in [0.25, 0.3) is 0 Å². The summed E-state index contributed by atoms with van der Waals surface area (Å²) in [4.78, 5) is 14.6. The van der Waals surface area contributed by atoms with E-state index in [1.165, 1.54) is 0 Å². The van der Waals surface area contributed by atoms with Gasteiger partial charge in [0, 0.05) is 31.6 Å². The summed E-state index contributed by atoms with van der Waals surface area (Å²) in [6, 6.07) is 15.3. The molecule has 1 amide bonds. The summed E-state index contributed by atoms with van der Waals surface area (Å²) in [5, 5.41) is 13.4. The SMILES string of the molecule is O=C(NCCN1CCOCC1)Oc1ccc2c(c1)CC[C@@H]1C[C@@](O)(C(F)(F)F)CC[C@@]21Cc1ccccc1. The maximum Gasteiger partial charge on any atom is 0.417 e. The standard InChI is InChI=1S/C29H35F3N2O4/c30-29(31,32)28(36)11-10-27(19-21-4-2-1-3-5-21)23(20-28)7-6-22-18-24(8-9-25(22)27)38-26(35)33-12-13-34-14-16-37-17-15-34/h1-5,8-9,18,23,36H,6-7,10-17,19-20H2,(H,33,35)/t23-,27+,28-/m1/s1. The molecule has 2 aliphatic carbocycles. The van der Waals surface area contributed by atoms with Gasteiger partial charge in [0.1, 0.15) is 5.75 Å². The number of halogens is 3. The molecule has 0 aromatic heterocycles. The van der Waals surface area contributed by atoms with Crippen LogP contribution in [-0.4, -0.2) is 67.3 Å². The van der Waals surface area contributed by atoms with Crippen LogP contribution in [-0.2, 0) is 23.0 Å². The smallest absolute Gasteiger partial charge is 0.410 e. The second kappa shape index (κ2) is 10.9. The second-order valence-corrected chi connectivity index (χ2v) is 10.9. The first kappa shape index (κ1) is 27.0. The summed E-state index contributed by atoms with van der Waals surface area (Å²) < 4.78 is 52.3. The summed E-state index contributed by atoms with van der Waals surface area (Å²) in [6.07, 6.45) is -3.87. The predicted octanol–water partition coefficient (Wildman–Crippen LogP) is 4.63. The highest BCUT2D eigenvalue weighted by Gasteiger charge is 2.61. The number of aryl methyl sites for hydroxylation is 1. The minimum Gasteiger partial charge on any atom is -0.410 e. The van der Waals surface area contributed by atoms with E-state index in [0.29, 0.717) is 44.8 Å². The molecule has 1 aliphatic heterocycles. The van der Waals surface area contributed by atoms with E-state index >= 15 is 0 Å². The lowest BCUT2D eigenvalue weighted by Gasteiger charge is -2.53. The van der Waals surface area contributed by atoms with Gasteiger partial charge in [0.15, 0.2) is 5.60 Å². The molecule has 2 aromatic rings. The molecule has 0 radical (unpaired) electrons. The molecule has 206 valence electrons. The van der Waals surface area contributed by atoms with Crippen molar-refractivity contribution in [3.8, 4) is 5.75 Å². The number of hydrogen-bond acceptors (Lipinski definition) is 5. The Labute approximate surface area is 221 Å². The molecule has 5 rings (SSSR count). The molecule has 0 spiro atoms. The number of hydrogen-bond donors (Lipinski definition) is 2. The normalized spacial score (nSPS) is 27.7. The largest absolute Gasteiger partial charge is 0.417 e. The van der Waals surface area contributed by atoms with Gasteiger partial charge in [0.25, 0.3) is 0 Å². The van der Waals surface area contributed by atoms with Gasteiger partial charge in [0.05, 0.1) is 13.2 Å². The van der Waals surface area contributed by atoms with Crippen molar-refractivity contribution in [1.29, 1.82) is 0 Å². The first-order valence-corrected chi connectivity index (χ1v) is 13.4. The molecule has 1 saturated carbocycles. The number of benzene rings is 2. The minimum atomic E-state index is -4.65. The third-order valence-corrected chi connectivity index (χ3v) is 8.63. The number of morpholine rings is 1. The van der Waals surface area contributed by atoms with Crippen molar-refractivity contribution in [2.24, 2.45) is 5.92 Å². The Morgan fingerprint density at radius 3 is 2.63 bits per heavy atom. The van der Waals surface area contributed by atoms with Gasteiger partial charge in [-0.1, -0.05) is 36.4 Å². The van der Waals surface area contributed by atoms with Gasteiger partial charge < -0.3 is 19.9 Å². The number of ether oxygens (including phenoxy) is 2. The Kier molecular flexibility index (Phi) is 7.71. The van der Waals surface area contributed by atoms with Crippen LogP contribution in [0.5, 0.6) is 5.75 Å². The third-order valence-electron chi connectivity index (χ3n) is 8.63. The molecule has 1 heterocycles. The van der Waals surface area contributed by atoms with E-state index in [0.717, 1.165) is 36.3 Å². The Morgan fingerprint density at radius 1 is 1.13 bits per heavy atom. The van der Waals surface area contributed by atoms with Crippen LogP contribution in [0, 0.1) is 5.92 Å². The molecule has 9 heteroatoms. The van der Waals surface area contributed by atoms with Crippen LogP contribution >= 0.6 is 0 Å². The molecule has 6 nitrogen and oxygen atoms in total. The number of carbonyl (C=O) groups excluding carboxylic acids is 1. The van der Waals surface area contributed by atoms with Gasteiger partial charge in [-0.05, 0) is 73.3 Å². The lowest BCUT2D eigenvalue weighted by Crippen LogP contribution is -2.56. The molecule has 0 bridgehead atoms. The summed E-state index contributed by atoms with van der Waals surface area (Å²) in [7, 11) is 0. The maximum absolute atomic E-state index is 13.8. The maximum atomic E-state index is 13.8. The number of alkyl halides is 3. The Hall–Kier alpha value is -2.62. The summed E-state index contributed by atoms with van der Waals surface area (Å²) in [5.74, 6) is 0.106. The summed E-state index contributed by atoms with van der Waals surface area (Å²) in [5.41, 5.74) is -0.124. The zero-order chi connectivity index (χ0) is 26.8. The second-order valence-electron chi connectivity index (χ2n) is 10.9. The number of nitrogens with one attached hydrogen (secondary N) is 1. The predicted molar refractivity (Wildman–Crippen MR) is 136 cm³/mol. The lowest BCUT2D eigenvalue weighted by molar-refractivity contribution is -0.279. The number of carbonyl (C=O) groups is 1. The van der Waals surface area contributed by atoms with Crippen molar-refractivity contribution in [1.82, 2.24) is 10.2 Å². The van der Waals surface area contributed by atoms with E-state index in [4.69, 9.17) is 9.47 Å². The average molecular weight is 533 g/mol. The van der Waals surface area contributed by atoms with E-state index in [1.54, 1.807) is 6.07 Å². The summed E-state index contributed by atoms with van der Waals surface area (Å²) >= 11 is 0. The highest BCUT2D eigenvalue weighted by Crippen LogP contribution is 2.57. The molecule has 3 atom stereocenters. The molecular weight excluding hydrogens is 497 g/mol. The zero-order valence-corrected chi connectivity index (χ0v) is 21.4. The lowest BCUT2D eigenvalue weighted by atomic mass is 9.52. The fourth-order valence-electron chi connectivity index (χ4n) is 6.56. The van der Waals surface area contributed by atoms with E-state index in [1.807, 2.05) is 42.5 Å². The topological polar surface area (TPSA) is 71.0 Å². The monoisotopic (exact) mass is 532 g/mol. The quantitative estimate of drug-likeness (QED) is 0.568.